The van der Waals surface area contributed by atoms with Gasteiger partial charge in [-0.2, -0.15) is 0 Å². The van der Waals surface area contributed by atoms with Crippen molar-refractivity contribution in [1.29, 1.82) is 0 Å². The van der Waals surface area contributed by atoms with Crippen molar-refractivity contribution in [2.75, 3.05) is 27.3 Å². The molecular weight excluding hydrogens is 434 g/mol. The highest BCUT2D eigenvalue weighted by atomic mass is 16.5. The molecule has 2 aromatic carbocycles. The molecule has 2 aliphatic heterocycles. The first-order chi connectivity index (χ1) is 16.4. The predicted molar refractivity (Wildman–Crippen MR) is 127 cm³/mol. The first-order valence-corrected chi connectivity index (χ1v) is 11.6. The zero-order valence-electron chi connectivity index (χ0n) is 19.9. The Hall–Kier alpha value is -3.55. The maximum absolute atomic E-state index is 13.3. The van der Waals surface area contributed by atoms with E-state index in [1.807, 2.05) is 48.5 Å². The normalized spacial score (nSPS) is 22.1. The Labute approximate surface area is 199 Å². The van der Waals surface area contributed by atoms with Crippen LogP contribution in [0.15, 0.2) is 48.5 Å². The predicted octanol–water partition coefficient (Wildman–Crippen LogP) is 3.31. The van der Waals surface area contributed by atoms with Crippen LogP contribution in [-0.4, -0.2) is 60.5 Å². The van der Waals surface area contributed by atoms with Crippen molar-refractivity contribution in [1.82, 2.24) is 15.1 Å². The second-order valence-electron chi connectivity index (χ2n) is 8.99. The molecule has 2 aromatic rings. The minimum atomic E-state index is -1.03. The smallest absolute Gasteiger partial charge is 0.325 e. The molecule has 180 valence electrons. The Morgan fingerprint density at radius 1 is 1.12 bits per heavy atom. The van der Waals surface area contributed by atoms with E-state index in [1.54, 1.807) is 26.0 Å². The van der Waals surface area contributed by atoms with E-state index in [1.165, 1.54) is 0 Å². The molecule has 0 spiro atoms. The van der Waals surface area contributed by atoms with Crippen molar-refractivity contribution in [2.45, 2.75) is 44.2 Å². The lowest BCUT2D eigenvalue weighted by molar-refractivity contribution is -0.139. The van der Waals surface area contributed by atoms with E-state index < -0.39 is 11.6 Å². The number of ether oxygens (including phenoxy) is 2. The van der Waals surface area contributed by atoms with Gasteiger partial charge in [-0.3, -0.25) is 14.5 Å². The molecule has 2 unspecified atom stereocenters. The van der Waals surface area contributed by atoms with Crippen LogP contribution in [0.2, 0.25) is 0 Å². The lowest BCUT2D eigenvalue weighted by Crippen LogP contribution is -2.46. The summed E-state index contributed by atoms with van der Waals surface area (Å²) in [5.41, 5.74) is 0.915. The fourth-order valence-corrected chi connectivity index (χ4v) is 4.81. The second-order valence-corrected chi connectivity index (χ2v) is 8.99. The molecule has 0 radical (unpaired) electrons. The average molecular weight is 466 g/mol. The van der Waals surface area contributed by atoms with Gasteiger partial charge in [0, 0.05) is 12.1 Å². The molecule has 34 heavy (non-hydrogen) atoms. The molecule has 0 bridgehead atoms. The number of urea groups is 1. The number of amides is 4. The van der Waals surface area contributed by atoms with Gasteiger partial charge < -0.3 is 19.7 Å². The van der Waals surface area contributed by atoms with Gasteiger partial charge in [-0.1, -0.05) is 30.3 Å². The molecule has 2 aliphatic rings. The number of hydrogen-bond donors (Lipinski definition) is 1. The standard InChI is InChI=1S/C26H31N3O5/c1-26(14-13-18-8-5-4-6-9-18)24(31)29(25(32)27-26)17-23(30)28-15-7-10-21(28)20-16-19(33-2)11-12-22(20)34-3/h4-6,8-9,11-12,16,21H,7,10,13-15,17H2,1-3H3,(H,27,32). The number of likely N-dealkylation sites (tertiary alicyclic amines) is 1. The van der Waals surface area contributed by atoms with Gasteiger partial charge in [0.1, 0.15) is 23.6 Å². The minimum Gasteiger partial charge on any atom is -0.497 e. The third kappa shape index (κ3) is 4.58. The van der Waals surface area contributed by atoms with Crippen molar-refractivity contribution in [3.05, 3.63) is 59.7 Å². The lowest BCUT2D eigenvalue weighted by Gasteiger charge is -2.28. The Morgan fingerprint density at radius 3 is 2.59 bits per heavy atom. The molecular formula is C26H31N3O5. The minimum absolute atomic E-state index is 0.206. The number of carbonyl (C=O) groups excluding carboxylic acids is 3. The fraction of sp³-hybridized carbons (Fsp3) is 0.423. The van der Waals surface area contributed by atoms with Crippen LogP contribution >= 0.6 is 0 Å². The maximum atomic E-state index is 13.3. The van der Waals surface area contributed by atoms with Gasteiger partial charge in [-0.25, -0.2) is 4.79 Å². The number of carbonyl (C=O) groups is 3. The fourth-order valence-electron chi connectivity index (χ4n) is 4.81. The van der Waals surface area contributed by atoms with Gasteiger partial charge >= 0.3 is 6.03 Å². The average Bonchev–Trinajstić information content (AvgIpc) is 3.42. The van der Waals surface area contributed by atoms with Crippen LogP contribution < -0.4 is 14.8 Å². The van der Waals surface area contributed by atoms with E-state index in [2.05, 4.69) is 5.32 Å². The van der Waals surface area contributed by atoms with Crippen LogP contribution in [0.1, 0.15) is 43.4 Å². The van der Waals surface area contributed by atoms with Gasteiger partial charge in [-0.05, 0) is 56.4 Å². The van der Waals surface area contributed by atoms with Crippen LogP contribution in [0.3, 0.4) is 0 Å². The summed E-state index contributed by atoms with van der Waals surface area (Å²) in [6.45, 7) is 1.99. The number of rotatable bonds is 8. The number of hydrogen-bond acceptors (Lipinski definition) is 5. The molecule has 4 rings (SSSR count). The van der Waals surface area contributed by atoms with Crippen LogP contribution in [-0.2, 0) is 16.0 Å². The molecule has 0 saturated carbocycles. The quantitative estimate of drug-likeness (QED) is 0.605. The highest BCUT2D eigenvalue weighted by molar-refractivity contribution is 6.08. The van der Waals surface area contributed by atoms with Crippen molar-refractivity contribution in [2.24, 2.45) is 0 Å². The summed E-state index contributed by atoms with van der Waals surface area (Å²) in [6.07, 6.45) is 2.70. The molecule has 1 N–H and O–H groups in total. The van der Waals surface area contributed by atoms with Crippen LogP contribution in [0.4, 0.5) is 4.79 Å². The van der Waals surface area contributed by atoms with Crippen molar-refractivity contribution in [3.63, 3.8) is 0 Å². The monoisotopic (exact) mass is 465 g/mol. The number of benzene rings is 2. The molecule has 4 amide bonds. The summed E-state index contributed by atoms with van der Waals surface area (Å²) in [5.74, 6) is 0.729. The van der Waals surface area contributed by atoms with Crippen molar-refractivity contribution >= 4 is 17.8 Å². The third-order valence-electron chi connectivity index (χ3n) is 6.76. The van der Waals surface area contributed by atoms with Crippen LogP contribution in [0, 0.1) is 0 Å². The van der Waals surface area contributed by atoms with E-state index in [0.717, 1.165) is 28.9 Å². The van der Waals surface area contributed by atoms with Gasteiger partial charge in [-0.15, -0.1) is 0 Å². The molecule has 0 aliphatic carbocycles. The molecule has 2 saturated heterocycles. The van der Waals surface area contributed by atoms with E-state index in [9.17, 15) is 14.4 Å². The number of imide groups is 1. The van der Waals surface area contributed by atoms with Crippen molar-refractivity contribution in [3.8, 4) is 11.5 Å². The molecule has 0 aromatic heterocycles. The number of aryl methyl sites for hydroxylation is 1. The lowest BCUT2D eigenvalue weighted by atomic mass is 9.93. The Balaban J connectivity index is 1.46. The zero-order chi connectivity index (χ0) is 24.3. The Morgan fingerprint density at radius 2 is 1.88 bits per heavy atom. The summed E-state index contributed by atoms with van der Waals surface area (Å²) in [4.78, 5) is 41.9. The molecule has 8 nitrogen and oxygen atoms in total. The first-order valence-electron chi connectivity index (χ1n) is 11.6. The van der Waals surface area contributed by atoms with E-state index in [4.69, 9.17) is 9.47 Å². The SMILES string of the molecule is COc1ccc(OC)c(C2CCCN2C(=O)CN2C(=O)NC(C)(CCc3ccccc3)C2=O)c1. The first kappa shape index (κ1) is 23.6. The Kier molecular flexibility index (Phi) is 6.77. The highest BCUT2D eigenvalue weighted by Gasteiger charge is 2.48. The number of methoxy groups -OCH3 is 2. The topological polar surface area (TPSA) is 88.2 Å². The molecule has 8 heteroatoms. The van der Waals surface area contributed by atoms with Crippen LogP contribution in [0.25, 0.3) is 0 Å². The van der Waals surface area contributed by atoms with Gasteiger partial charge in [0.05, 0.1) is 20.3 Å². The maximum Gasteiger partial charge on any atom is 0.325 e. The highest BCUT2D eigenvalue weighted by Crippen LogP contribution is 2.39. The molecule has 2 fully saturated rings. The summed E-state index contributed by atoms with van der Waals surface area (Å²) in [6, 6.07) is 14.6. The summed E-state index contributed by atoms with van der Waals surface area (Å²) in [7, 11) is 3.19. The molecule has 2 atom stereocenters. The van der Waals surface area contributed by atoms with Gasteiger partial charge in [0.15, 0.2) is 0 Å². The molecule has 2 heterocycles. The number of nitrogens with one attached hydrogen (secondary N) is 1. The van der Waals surface area contributed by atoms with Crippen LogP contribution in [0.5, 0.6) is 11.5 Å². The van der Waals surface area contributed by atoms with E-state index in [-0.39, 0.29) is 24.4 Å². The summed E-state index contributed by atoms with van der Waals surface area (Å²) < 4.78 is 10.9. The van der Waals surface area contributed by atoms with Crippen molar-refractivity contribution < 1.29 is 23.9 Å². The van der Waals surface area contributed by atoms with E-state index in [0.29, 0.717) is 30.9 Å². The third-order valence-corrected chi connectivity index (χ3v) is 6.76. The largest absolute Gasteiger partial charge is 0.497 e. The zero-order valence-corrected chi connectivity index (χ0v) is 19.9. The number of nitrogens with zero attached hydrogens (tertiary/aromatic N) is 2. The summed E-state index contributed by atoms with van der Waals surface area (Å²) in [5, 5.41) is 2.80. The Bertz CT molecular complexity index is 1070. The van der Waals surface area contributed by atoms with Gasteiger partial charge in [0.2, 0.25) is 5.91 Å². The summed E-state index contributed by atoms with van der Waals surface area (Å²) >= 11 is 0. The van der Waals surface area contributed by atoms with E-state index >= 15 is 0 Å². The second kappa shape index (κ2) is 9.75. The van der Waals surface area contributed by atoms with Gasteiger partial charge in [0.25, 0.3) is 5.91 Å².